The molecule has 104 valence electrons. The summed E-state index contributed by atoms with van der Waals surface area (Å²) in [5.74, 6) is 1.37. The van der Waals surface area contributed by atoms with E-state index < -0.39 is 5.79 Å². The molecule has 0 saturated heterocycles. The summed E-state index contributed by atoms with van der Waals surface area (Å²) < 4.78 is 17.9. The monoisotopic (exact) mass is 336 g/mol. The summed E-state index contributed by atoms with van der Waals surface area (Å²) in [5, 5.41) is 3.93. The minimum atomic E-state index is -0.455. The maximum atomic E-state index is 6.05. The SMILES string of the molecule is Nc1cc(-c2cc3c(cc2Br)OC2(CCCC2)O3)no1. The van der Waals surface area contributed by atoms with Gasteiger partial charge < -0.3 is 19.7 Å². The predicted molar refractivity (Wildman–Crippen MR) is 76.5 cm³/mol. The molecule has 1 saturated carbocycles. The Morgan fingerprint density at radius 2 is 1.80 bits per heavy atom. The molecule has 1 spiro atoms. The molecule has 1 aromatic heterocycles. The Morgan fingerprint density at radius 1 is 1.10 bits per heavy atom. The highest BCUT2D eigenvalue weighted by molar-refractivity contribution is 9.10. The van der Waals surface area contributed by atoms with E-state index in [0.717, 1.165) is 47.2 Å². The molecule has 2 aliphatic rings. The second-order valence-electron chi connectivity index (χ2n) is 5.22. The van der Waals surface area contributed by atoms with Crippen molar-refractivity contribution in [3.05, 3.63) is 22.7 Å². The number of benzene rings is 1. The second kappa shape index (κ2) is 4.15. The van der Waals surface area contributed by atoms with Crippen LogP contribution in [0.3, 0.4) is 0 Å². The lowest BCUT2D eigenvalue weighted by atomic mass is 10.1. The summed E-state index contributed by atoms with van der Waals surface area (Å²) in [6.07, 6.45) is 4.15. The van der Waals surface area contributed by atoms with Crippen LogP contribution in [0.25, 0.3) is 11.3 Å². The van der Waals surface area contributed by atoms with Crippen molar-refractivity contribution in [2.45, 2.75) is 31.5 Å². The maximum Gasteiger partial charge on any atom is 0.251 e. The summed E-state index contributed by atoms with van der Waals surface area (Å²) >= 11 is 3.53. The number of hydrogen-bond donors (Lipinski definition) is 1. The first-order valence-corrected chi connectivity index (χ1v) is 7.39. The Balaban J connectivity index is 1.75. The van der Waals surface area contributed by atoms with E-state index in [-0.39, 0.29) is 5.88 Å². The first kappa shape index (κ1) is 12.1. The number of anilines is 1. The Hall–Kier alpha value is -1.69. The van der Waals surface area contributed by atoms with Crippen LogP contribution in [-0.4, -0.2) is 10.9 Å². The maximum absolute atomic E-state index is 6.05. The average Bonchev–Trinajstić information content (AvgIpc) is 3.10. The number of rotatable bonds is 1. The number of nitrogens with zero attached hydrogens (tertiary/aromatic N) is 1. The third kappa shape index (κ3) is 1.78. The summed E-state index contributed by atoms with van der Waals surface area (Å²) in [6, 6.07) is 5.53. The molecule has 0 amide bonds. The van der Waals surface area contributed by atoms with Gasteiger partial charge in [0.1, 0.15) is 5.69 Å². The van der Waals surface area contributed by atoms with Crippen molar-refractivity contribution in [1.29, 1.82) is 0 Å². The van der Waals surface area contributed by atoms with Crippen LogP contribution in [0.4, 0.5) is 5.88 Å². The summed E-state index contributed by atoms with van der Waals surface area (Å²) in [7, 11) is 0. The van der Waals surface area contributed by atoms with Crippen LogP contribution in [-0.2, 0) is 0 Å². The van der Waals surface area contributed by atoms with Crippen LogP contribution >= 0.6 is 15.9 Å². The normalized spacial score (nSPS) is 18.9. The van der Waals surface area contributed by atoms with Crippen LogP contribution in [0.2, 0.25) is 0 Å². The molecule has 1 aromatic carbocycles. The zero-order chi connectivity index (χ0) is 13.7. The molecular formula is C14H13BrN2O3. The van der Waals surface area contributed by atoms with Gasteiger partial charge in [-0.1, -0.05) is 5.16 Å². The van der Waals surface area contributed by atoms with Crippen LogP contribution in [0.5, 0.6) is 11.5 Å². The lowest BCUT2D eigenvalue weighted by Gasteiger charge is -2.21. The van der Waals surface area contributed by atoms with Gasteiger partial charge in [0, 0.05) is 28.9 Å². The van der Waals surface area contributed by atoms with Crippen molar-refractivity contribution in [2.75, 3.05) is 5.73 Å². The molecule has 0 radical (unpaired) electrons. The van der Waals surface area contributed by atoms with Gasteiger partial charge >= 0.3 is 0 Å². The first-order valence-electron chi connectivity index (χ1n) is 6.59. The molecule has 2 N–H and O–H groups in total. The lowest BCUT2D eigenvalue weighted by molar-refractivity contribution is -0.0716. The summed E-state index contributed by atoms with van der Waals surface area (Å²) in [6.45, 7) is 0. The number of halogens is 1. The van der Waals surface area contributed by atoms with E-state index in [4.69, 9.17) is 19.7 Å². The smallest absolute Gasteiger partial charge is 0.251 e. The van der Waals surface area contributed by atoms with E-state index in [0.29, 0.717) is 5.69 Å². The largest absolute Gasteiger partial charge is 0.448 e. The minimum absolute atomic E-state index is 0.289. The third-order valence-corrected chi connectivity index (χ3v) is 4.45. The molecule has 0 atom stereocenters. The van der Waals surface area contributed by atoms with Crippen molar-refractivity contribution in [1.82, 2.24) is 5.16 Å². The number of fused-ring (bicyclic) bond motifs is 1. The molecule has 0 unspecified atom stereocenters. The van der Waals surface area contributed by atoms with Gasteiger partial charge in [-0.25, -0.2) is 0 Å². The molecule has 2 aromatic rings. The summed E-state index contributed by atoms with van der Waals surface area (Å²) in [4.78, 5) is 0. The van der Waals surface area contributed by atoms with Gasteiger partial charge in [-0.15, -0.1) is 0 Å². The van der Waals surface area contributed by atoms with E-state index in [1.54, 1.807) is 6.07 Å². The fraction of sp³-hybridized carbons (Fsp3) is 0.357. The molecule has 20 heavy (non-hydrogen) atoms. The van der Waals surface area contributed by atoms with E-state index in [1.807, 2.05) is 12.1 Å². The number of hydrogen-bond acceptors (Lipinski definition) is 5. The van der Waals surface area contributed by atoms with Crippen LogP contribution in [0.15, 0.2) is 27.2 Å². The molecular weight excluding hydrogens is 324 g/mol. The molecule has 5 nitrogen and oxygen atoms in total. The lowest BCUT2D eigenvalue weighted by Crippen LogP contribution is -2.34. The fourth-order valence-electron chi connectivity index (χ4n) is 2.85. The van der Waals surface area contributed by atoms with Gasteiger partial charge in [-0.2, -0.15) is 0 Å². The van der Waals surface area contributed by atoms with Gasteiger partial charge in [0.15, 0.2) is 11.5 Å². The topological polar surface area (TPSA) is 70.5 Å². The molecule has 4 rings (SSSR count). The van der Waals surface area contributed by atoms with Crippen LogP contribution < -0.4 is 15.2 Å². The number of nitrogen functional groups attached to an aromatic ring is 1. The number of nitrogens with two attached hydrogens (primary N) is 1. The minimum Gasteiger partial charge on any atom is -0.448 e. The fourth-order valence-corrected chi connectivity index (χ4v) is 3.37. The quantitative estimate of drug-likeness (QED) is 0.859. The molecule has 0 bridgehead atoms. The number of aromatic nitrogens is 1. The Kier molecular flexibility index (Phi) is 2.51. The van der Waals surface area contributed by atoms with Crippen molar-refractivity contribution < 1.29 is 14.0 Å². The highest BCUT2D eigenvalue weighted by atomic mass is 79.9. The van der Waals surface area contributed by atoms with E-state index in [2.05, 4.69) is 21.1 Å². The highest BCUT2D eigenvalue weighted by Crippen LogP contribution is 2.49. The Morgan fingerprint density at radius 3 is 2.45 bits per heavy atom. The molecule has 1 aliphatic heterocycles. The predicted octanol–water partition coefficient (Wildman–Crippen LogP) is 3.73. The second-order valence-corrected chi connectivity index (χ2v) is 6.07. The zero-order valence-corrected chi connectivity index (χ0v) is 12.3. The Labute approximate surface area is 124 Å². The van der Waals surface area contributed by atoms with E-state index >= 15 is 0 Å². The molecule has 2 heterocycles. The number of ether oxygens (including phenoxy) is 2. The van der Waals surface area contributed by atoms with E-state index in [9.17, 15) is 0 Å². The average molecular weight is 337 g/mol. The standard InChI is InChI=1S/C14H13BrN2O3/c15-9-6-12-11(18-14(19-12)3-1-2-4-14)5-8(9)10-7-13(16)20-17-10/h5-7H,1-4,16H2. The third-order valence-electron chi connectivity index (χ3n) is 3.80. The van der Waals surface area contributed by atoms with Gasteiger partial charge in [-0.05, 0) is 40.9 Å². The van der Waals surface area contributed by atoms with Crippen molar-refractivity contribution >= 4 is 21.8 Å². The zero-order valence-electron chi connectivity index (χ0n) is 10.7. The Bertz CT molecular complexity index is 677. The van der Waals surface area contributed by atoms with Crippen molar-refractivity contribution in [2.24, 2.45) is 0 Å². The van der Waals surface area contributed by atoms with Gasteiger partial charge in [-0.3, -0.25) is 0 Å². The molecule has 1 aliphatic carbocycles. The van der Waals surface area contributed by atoms with Gasteiger partial charge in [0.25, 0.3) is 5.79 Å². The summed E-state index contributed by atoms with van der Waals surface area (Å²) in [5.41, 5.74) is 7.12. The molecule has 6 heteroatoms. The van der Waals surface area contributed by atoms with Crippen molar-refractivity contribution in [3.8, 4) is 22.8 Å². The molecule has 1 fully saturated rings. The van der Waals surface area contributed by atoms with Gasteiger partial charge in [0.2, 0.25) is 5.88 Å². The van der Waals surface area contributed by atoms with Crippen LogP contribution in [0, 0.1) is 0 Å². The first-order chi connectivity index (χ1) is 9.65. The highest BCUT2D eigenvalue weighted by Gasteiger charge is 2.44. The van der Waals surface area contributed by atoms with Crippen LogP contribution in [0.1, 0.15) is 25.7 Å². The van der Waals surface area contributed by atoms with Gasteiger partial charge in [0.05, 0.1) is 0 Å². The van der Waals surface area contributed by atoms with Crippen molar-refractivity contribution in [3.63, 3.8) is 0 Å². The van der Waals surface area contributed by atoms with E-state index in [1.165, 1.54) is 0 Å².